The third-order valence-corrected chi connectivity index (χ3v) is 7.69. The molecule has 4 rings (SSSR count). The molecule has 5 nitrogen and oxygen atoms in total. The smallest absolute Gasteiger partial charge is 0.119 e. The molecule has 0 atom stereocenters. The van der Waals surface area contributed by atoms with Gasteiger partial charge < -0.3 is 23.7 Å². The molecule has 5 heteroatoms. The molecule has 0 aromatic heterocycles. The lowest BCUT2D eigenvalue weighted by atomic mass is 10.1. The Bertz CT molecular complexity index is 1320. The molecule has 4 aromatic carbocycles. The van der Waals surface area contributed by atoms with Gasteiger partial charge in [-0.2, -0.15) is 0 Å². The molecule has 0 saturated carbocycles. The highest BCUT2D eigenvalue weighted by atomic mass is 16.5. The monoisotopic (exact) mass is 610 g/mol. The molecule has 0 saturated heterocycles. The molecule has 0 N–H and O–H groups in total. The lowest BCUT2D eigenvalue weighted by molar-refractivity contribution is 0.184. The Balaban J connectivity index is 1.05. The highest BCUT2D eigenvalue weighted by Crippen LogP contribution is 2.26. The fourth-order valence-electron chi connectivity index (χ4n) is 4.99. The lowest BCUT2D eigenvalue weighted by Gasteiger charge is -2.10. The van der Waals surface area contributed by atoms with Gasteiger partial charge in [-0.1, -0.05) is 68.3 Å². The largest absolute Gasteiger partial charge is 0.494 e. The highest BCUT2D eigenvalue weighted by molar-refractivity contribution is 5.65. The van der Waals surface area contributed by atoms with E-state index in [0.717, 1.165) is 94.4 Å². The van der Waals surface area contributed by atoms with Crippen molar-refractivity contribution in [1.29, 1.82) is 0 Å². The van der Waals surface area contributed by atoms with Gasteiger partial charge in [-0.15, -0.1) is 0 Å². The van der Waals surface area contributed by atoms with E-state index >= 15 is 0 Å². The number of hydrogen-bond donors (Lipinski definition) is 0. The van der Waals surface area contributed by atoms with Gasteiger partial charge in [0.2, 0.25) is 0 Å². The summed E-state index contributed by atoms with van der Waals surface area (Å²) in [6.07, 6.45) is 9.85. The van der Waals surface area contributed by atoms with Crippen molar-refractivity contribution in [3.05, 3.63) is 97.1 Å². The predicted molar refractivity (Wildman–Crippen MR) is 185 cm³/mol. The van der Waals surface area contributed by atoms with Crippen LogP contribution in [-0.4, -0.2) is 40.1 Å². The Morgan fingerprint density at radius 2 is 0.600 bits per heavy atom. The first-order valence-corrected chi connectivity index (χ1v) is 16.7. The second-order valence-corrected chi connectivity index (χ2v) is 11.3. The second kappa shape index (κ2) is 20.1. The standard InChI is InChI=1S/C40H50O5/c1-3-4-7-29-42-37-20-12-33(13-21-37)34-14-22-38(23-15-34)43-30-8-5-6-9-31-44-39-24-16-35(17-25-39)36-18-26-40(27-19-36)45-32-11-10-28-41-2/h12-27H,3-11,28-32H2,1-2H3. The van der Waals surface area contributed by atoms with E-state index in [1.165, 1.54) is 35.1 Å². The number of hydrogen-bond acceptors (Lipinski definition) is 5. The van der Waals surface area contributed by atoms with E-state index in [0.29, 0.717) is 6.61 Å². The summed E-state index contributed by atoms with van der Waals surface area (Å²) in [6.45, 7) is 5.94. The first-order valence-electron chi connectivity index (χ1n) is 16.7. The van der Waals surface area contributed by atoms with Crippen molar-refractivity contribution >= 4 is 0 Å². The molecule has 0 amide bonds. The Kier molecular flexibility index (Phi) is 15.2. The van der Waals surface area contributed by atoms with Crippen LogP contribution in [0.1, 0.15) is 64.7 Å². The fourth-order valence-corrected chi connectivity index (χ4v) is 4.99. The van der Waals surface area contributed by atoms with Gasteiger partial charge in [-0.25, -0.2) is 0 Å². The number of ether oxygens (including phenoxy) is 5. The number of rotatable bonds is 22. The normalized spacial score (nSPS) is 10.9. The van der Waals surface area contributed by atoms with E-state index in [2.05, 4.69) is 79.7 Å². The molecule has 0 aliphatic carbocycles. The van der Waals surface area contributed by atoms with E-state index in [-0.39, 0.29) is 0 Å². The van der Waals surface area contributed by atoms with Crippen LogP contribution in [0.5, 0.6) is 23.0 Å². The number of unbranched alkanes of at least 4 members (excludes halogenated alkanes) is 6. The van der Waals surface area contributed by atoms with Gasteiger partial charge in [-0.05, 0) is 116 Å². The average Bonchev–Trinajstić information content (AvgIpc) is 3.09. The Hall–Kier alpha value is -3.96. The zero-order valence-electron chi connectivity index (χ0n) is 27.2. The predicted octanol–water partition coefficient (Wildman–Crippen LogP) is 10.4. The van der Waals surface area contributed by atoms with Crippen molar-refractivity contribution in [3.8, 4) is 45.3 Å². The van der Waals surface area contributed by atoms with E-state index in [4.69, 9.17) is 23.7 Å². The van der Waals surface area contributed by atoms with Crippen molar-refractivity contribution in [2.24, 2.45) is 0 Å². The van der Waals surface area contributed by atoms with E-state index in [9.17, 15) is 0 Å². The average molecular weight is 611 g/mol. The van der Waals surface area contributed by atoms with Crippen molar-refractivity contribution in [3.63, 3.8) is 0 Å². The summed E-state index contributed by atoms with van der Waals surface area (Å²) in [4.78, 5) is 0. The van der Waals surface area contributed by atoms with Gasteiger partial charge in [0.1, 0.15) is 23.0 Å². The molecule has 0 radical (unpaired) electrons. The lowest BCUT2D eigenvalue weighted by Crippen LogP contribution is -2.00. The minimum absolute atomic E-state index is 0.712. The summed E-state index contributed by atoms with van der Waals surface area (Å²) in [5.41, 5.74) is 4.70. The summed E-state index contributed by atoms with van der Waals surface area (Å²) < 4.78 is 28.7. The van der Waals surface area contributed by atoms with Crippen molar-refractivity contribution in [2.45, 2.75) is 64.7 Å². The third kappa shape index (κ3) is 12.5. The molecule has 0 aliphatic heterocycles. The molecule has 0 unspecified atom stereocenters. The molecule has 45 heavy (non-hydrogen) atoms. The van der Waals surface area contributed by atoms with Crippen LogP contribution in [-0.2, 0) is 4.74 Å². The molecule has 0 aliphatic rings. The topological polar surface area (TPSA) is 46.2 Å². The summed E-state index contributed by atoms with van der Waals surface area (Å²) >= 11 is 0. The van der Waals surface area contributed by atoms with Crippen LogP contribution in [0.4, 0.5) is 0 Å². The van der Waals surface area contributed by atoms with Crippen molar-refractivity contribution < 1.29 is 23.7 Å². The van der Waals surface area contributed by atoms with E-state index in [1.54, 1.807) is 7.11 Å². The highest BCUT2D eigenvalue weighted by Gasteiger charge is 2.03. The van der Waals surface area contributed by atoms with Crippen LogP contribution in [0.3, 0.4) is 0 Å². The maximum absolute atomic E-state index is 5.98. The number of benzene rings is 4. The van der Waals surface area contributed by atoms with Gasteiger partial charge in [0.25, 0.3) is 0 Å². The van der Waals surface area contributed by atoms with Crippen LogP contribution in [0.15, 0.2) is 97.1 Å². The quantitative estimate of drug-likeness (QED) is 0.0829. The maximum atomic E-state index is 5.98. The van der Waals surface area contributed by atoms with Gasteiger partial charge in [-0.3, -0.25) is 0 Å². The second-order valence-electron chi connectivity index (χ2n) is 11.3. The van der Waals surface area contributed by atoms with Crippen LogP contribution in [0, 0.1) is 0 Å². The molecule has 0 bridgehead atoms. The molecule has 240 valence electrons. The molecule has 0 fully saturated rings. The number of methoxy groups -OCH3 is 1. The summed E-state index contributed by atoms with van der Waals surface area (Å²) in [7, 11) is 1.73. The molecular formula is C40H50O5. The maximum Gasteiger partial charge on any atom is 0.119 e. The third-order valence-electron chi connectivity index (χ3n) is 7.69. The SMILES string of the molecule is CCCCCOc1ccc(-c2ccc(OCCCCCCOc3ccc(-c4ccc(OCCCCOC)cc4)cc3)cc2)cc1. The minimum Gasteiger partial charge on any atom is -0.494 e. The summed E-state index contributed by atoms with van der Waals surface area (Å²) in [5.74, 6) is 3.66. The fraction of sp³-hybridized carbons (Fsp3) is 0.400. The molecule has 4 aromatic rings. The zero-order valence-corrected chi connectivity index (χ0v) is 27.2. The first kappa shape index (κ1) is 33.9. The summed E-state index contributed by atoms with van der Waals surface area (Å²) in [6, 6.07) is 33.3. The Labute approximate surface area is 270 Å². The first-order chi connectivity index (χ1) is 22.2. The van der Waals surface area contributed by atoms with Crippen LogP contribution in [0.2, 0.25) is 0 Å². The molecule has 0 heterocycles. The molecule has 0 spiro atoms. The van der Waals surface area contributed by atoms with Gasteiger partial charge in [0.05, 0.1) is 26.4 Å². The van der Waals surface area contributed by atoms with Gasteiger partial charge in [0, 0.05) is 13.7 Å². The zero-order chi connectivity index (χ0) is 31.4. The van der Waals surface area contributed by atoms with Crippen molar-refractivity contribution in [2.75, 3.05) is 40.1 Å². The summed E-state index contributed by atoms with van der Waals surface area (Å²) in [5, 5.41) is 0. The van der Waals surface area contributed by atoms with Crippen molar-refractivity contribution in [1.82, 2.24) is 0 Å². The van der Waals surface area contributed by atoms with Crippen LogP contribution in [0.25, 0.3) is 22.3 Å². The van der Waals surface area contributed by atoms with Crippen LogP contribution < -0.4 is 18.9 Å². The van der Waals surface area contributed by atoms with Crippen LogP contribution >= 0.6 is 0 Å². The van der Waals surface area contributed by atoms with E-state index < -0.39 is 0 Å². The van der Waals surface area contributed by atoms with Gasteiger partial charge in [0.15, 0.2) is 0 Å². The van der Waals surface area contributed by atoms with Gasteiger partial charge >= 0.3 is 0 Å². The molecular weight excluding hydrogens is 560 g/mol. The van der Waals surface area contributed by atoms with E-state index in [1.807, 2.05) is 24.3 Å². The minimum atomic E-state index is 0.712. The Morgan fingerprint density at radius 1 is 0.333 bits per heavy atom. The Morgan fingerprint density at radius 3 is 0.889 bits per heavy atom.